The number of hydrogen-bond donors (Lipinski definition) is 2. The maximum Gasteiger partial charge on any atom is 0.307 e. The lowest BCUT2D eigenvalue weighted by atomic mass is 10.2. The molecule has 1 saturated heterocycles. The van der Waals surface area contributed by atoms with E-state index in [9.17, 15) is 14.4 Å². The third-order valence-electron chi connectivity index (χ3n) is 4.31. The molecule has 1 aliphatic carbocycles. The minimum Gasteiger partial charge on any atom is -0.481 e. The van der Waals surface area contributed by atoms with Crippen LogP contribution in [-0.4, -0.2) is 35.5 Å². The first-order valence-electron chi connectivity index (χ1n) is 7.38. The van der Waals surface area contributed by atoms with Crippen molar-refractivity contribution in [3.63, 3.8) is 0 Å². The van der Waals surface area contributed by atoms with E-state index in [2.05, 4.69) is 5.32 Å². The summed E-state index contributed by atoms with van der Waals surface area (Å²) in [6, 6.07) is 7.10. The van der Waals surface area contributed by atoms with Crippen molar-refractivity contribution < 1.29 is 19.5 Å². The molecule has 22 heavy (non-hydrogen) atoms. The quantitative estimate of drug-likeness (QED) is 0.866. The third kappa shape index (κ3) is 2.68. The molecule has 3 atom stereocenters. The minimum absolute atomic E-state index is 0.135. The zero-order valence-corrected chi connectivity index (χ0v) is 12.3. The molecule has 2 fully saturated rings. The monoisotopic (exact) mass is 302 g/mol. The summed E-state index contributed by atoms with van der Waals surface area (Å²) in [7, 11) is 0. The molecular formula is C16H18N2O4. The Kier molecular flexibility index (Phi) is 3.60. The van der Waals surface area contributed by atoms with E-state index in [-0.39, 0.29) is 11.8 Å². The molecule has 0 bridgehead atoms. The van der Waals surface area contributed by atoms with Crippen LogP contribution in [0.1, 0.15) is 18.4 Å². The summed E-state index contributed by atoms with van der Waals surface area (Å²) in [6.45, 7) is 2.53. The van der Waals surface area contributed by atoms with E-state index in [0.717, 1.165) is 11.3 Å². The molecule has 116 valence electrons. The first-order chi connectivity index (χ1) is 10.5. The minimum atomic E-state index is -0.945. The molecule has 2 aliphatic rings. The number of rotatable bonds is 4. The number of aliphatic carboxylic acids is 1. The smallest absolute Gasteiger partial charge is 0.307 e. The maximum atomic E-state index is 12.4. The van der Waals surface area contributed by atoms with Gasteiger partial charge in [-0.3, -0.25) is 14.4 Å². The number of hydrogen-bond acceptors (Lipinski definition) is 3. The largest absolute Gasteiger partial charge is 0.481 e. The maximum absolute atomic E-state index is 12.4. The second-order valence-corrected chi connectivity index (χ2v) is 5.96. The van der Waals surface area contributed by atoms with Gasteiger partial charge in [0, 0.05) is 12.2 Å². The fourth-order valence-electron chi connectivity index (χ4n) is 2.83. The van der Waals surface area contributed by atoms with Gasteiger partial charge >= 0.3 is 5.97 Å². The number of amides is 2. The fourth-order valence-corrected chi connectivity index (χ4v) is 2.83. The molecule has 3 rings (SSSR count). The van der Waals surface area contributed by atoms with Crippen LogP contribution in [-0.2, 0) is 14.4 Å². The highest BCUT2D eigenvalue weighted by Crippen LogP contribution is 2.39. The Morgan fingerprint density at radius 1 is 1.23 bits per heavy atom. The van der Waals surface area contributed by atoms with Crippen molar-refractivity contribution >= 4 is 23.5 Å². The van der Waals surface area contributed by atoms with Crippen LogP contribution in [0.25, 0.3) is 0 Å². The molecule has 1 saturated carbocycles. The van der Waals surface area contributed by atoms with Crippen molar-refractivity contribution in [1.82, 2.24) is 5.32 Å². The molecule has 2 N–H and O–H groups in total. The molecule has 1 aliphatic heterocycles. The van der Waals surface area contributed by atoms with E-state index < -0.39 is 23.8 Å². The number of nitrogens with zero attached hydrogens (tertiary/aromatic N) is 1. The van der Waals surface area contributed by atoms with Crippen molar-refractivity contribution in [2.45, 2.75) is 25.8 Å². The number of carbonyl (C=O) groups is 3. The van der Waals surface area contributed by atoms with E-state index in [4.69, 9.17) is 5.11 Å². The van der Waals surface area contributed by atoms with Gasteiger partial charge in [0.25, 0.3) is 0 Å². The first kappa shape index (κ1) is 14.6. The standard InChI is InChI=1S/C16H18N2O4/c1-9-2-4-10(5-3-9)18-7-6-13(15(18)20)17-14(19)11-8-12(11)16(21)22/h2-5,11-13H,6-8H2,1H3,(H,17,19)(H,21,22)/t11-,12-,13-/m0/s1. The van der Waals surface area contributed by atoms with Crippen molar-refractivity contribution in [3.05, 3.63) is 29.8 Å². The van der Waals surface area contributed by atoms with Crippen molar-refractivity contribution in [3.8, 4) is 0 Å². The van der Waals surface area contributed by atoms with Gasteiger partial charge in [-0.25, -0.2) is 0 Å². The van der Waals surface area contributed by atoms with E-state index in [1.807, 2.05) is 31.2 Å². The van der Waals surface area contributed by atoms with Gasteiger partial charge in [0.1, 0.15) is 6.04 Å². The van der Waals surface area contributed by atoms with Crippen LogP contribution in [0.2, 0.25) is 0 Å². The van der Waals surface area contributed by atoms with Crippen LogP contribution >= 0.6 is 0 Å². The summed E-state index contributed by atoms with van der Waals surface area (Å²) in [5, 5.41) is 11.5. The van der Waals surface area contributed by atoms with Crippen molar-refractivity contribution in [2.24, 2.45) is 11.8 Å². The number of benzene rings is 1. The van der Waals surface area contributed by atoms with Crippen molar-refractivity contribution in [2.75, 3.05) is 11.4 Å². The Morgan fingerprint density at radius 3 is 2.50 bits per heavy atom. The van der Waals surface area contributed by atoms with Crippen LogP contribution in [0.15, 0.2) is 24.3 Å². The zero-order valence-electron chi connectivity index (χ0n) is 12.3. The molecule has 2 amide bonds. The van der Waals surface area contributed by atoms with E-state index in [1.54, 1.807) is 4.90 Å². The summed E-state index contributed by atoms with van der Waals surface area (Å²) in [5.74, 6) is -2.48. The van der Waals surface area contributed by atoms with Crippen LogP contribution in [0, 0.1) is 18.8 Å². The second kappa shape index (κ2) is 5.44. The number of aryl methyl sites for hydroxylation is 1. The van der Waals surface area contributed by atoms with Crippen molar-refractivity contribution in [1.29, 1.82) is 0 Å². The third-order valence-corrected chi connectivity index (χ3v) is 4.31. The second-order valence-electron chi connectivity index (χ2n) is 5.96. The van der Waals surface area contributed by atoms with E-state index in [0.29, 0.717) is 19.4 Å². The predicted molar refractivity (Wildman–Crippen MR) is 79.3 cm³/mol. The molecule has 6 nitrogen and oxygen atoms in total. The van der Waals surface area contributed by atoms with Gasteiger partial charge in [0.2, 0.25) is 11.8 Å². The summed E-state index contributed by atoms with van der Waals surface area (Å²) >= 11 is 0. The van der Waals surface area contributed by atoms with Crippen LogP contribution < -0.4 is 10.2 Å². The highest BCUT2D eigenvalue weighted by Gasteiger charge is 2.49. The molecule has 1 aromatic carbocycles. The Labute approximate surface area is 128 Å². The summed E-state index contributed by atoms with van der Waals surface area (Å²) in [6.07, 6.45) is 0.909. The highest BCUT2D eigenvalue weighted by atomic mass is 16.4. The van der Waals surface area contributed by atoms with E-state index >= 15 is 0 Å². The fraction of sp³-hybridized carbons (Fsp3) is 0.438. The number of carboxylic acids is 1. The van der Waals surface area contributed by atoms with Gasteiger partial charge in [0.05, 0.1) is 11.8 Å². The summed E-state index contributed by atoms with van der Waals surface area (Å²) in [5.41, 5.74) is 1.94. The summed E-state index contributed by atoms with van der Waals surface area (Å²) < 4.78 is 0. The molecule has 1 aromatic rings. The Morgan fingerprint density at radius 2 is 1.91 bits per heavy atom. The van der Waals surface area contributed by atoms with Gasteiger partial charge in [-0.05, 0) is 31.9 Å². The molecular weight excluding hydrogens is 284 g/mol. The Balaban J connectivity index is 1.61. The molecule has 6 heteroatoms. The molecule has 0 radical (unpaired) electrons. The molecule has 0 spiro atoms. The SMILES string of the molecule is Cc1ccc(N2CC[C@H](NC(=O)[C@H]3C[C@@H]3C(=O)O)C2=O)cc1. The molecule has 0 unspecified atom stereocenters. The lowest BCUT2D eigenvalue weighted by molar-refractivity contribution is -0.140. The van der Waals surface area contributed by atoms with Gasteiger partial charge in [-0.1, -0.05) is 17.7 Å². The van der Waals surface area contributed by atoms with E-state index in [1.165, 1.54) is 0 Å². The Bertz CT molecular complexity index is 626. The average Bonchev–Trinajstić information content (AvgIpc) is 3.22. The average molecular weight is 302 g/mol. The molecule has 1 heterocycles. The number of carboxylic acid groups (broad SMARTS) is 1. The van der Waals surface area contributed by atoms with Crippen LogP contribution in [0.4, 0.5) is 5.69 Å². The lowest BCUT2D eigenvalue weighted by Gasteiger charge is -2.17. The summed E-state index contributed by atoms with van der Waals surface area (Å²) in [4.78, 5) is 36.8. The zero-order chi connectivity index (χ0) is 15.9. The Hall–Kier alpha value is -2.37. The van der Waals surface area contributed by atoms with Crippen LogP contribution in [0.5, 0.6) is 0 Å². The van der Waals surface area contributed by atoms with Gasteiger partial charge in [0.15, 0.2) is 0 Å². The predicted octanol–water partition coefficient (Wildman–Crippen LogP) is 0.937. The lowest BCUT2D eigenvalue weighted by Crippen LogP contribution is -2.42. The first-order valence-corrected chi connectivity index (χ1v) is 7.38. The van der Waals surface area contributed by atoms with Gasteiger partial charge < -0.3 is 15.3 Å². The normalized spacial score (nSPS) is 26.9. The molecule has 0 aromatic heterocycles. The van der Waals surface area contributed by atoms with Gasteiger partial charge in [-0.15, -0.1) is 0 Å². The highest BCUT2D eigenvalue weighted by molar-refractivity contribution is 6.02. The number of nitrogens with one attached hydrogen (secondary N) is 1. The number of anilines is 1. The van der Waals surface area contributed by atoms with Gasteiger partial charge in [-0.2, -0.15) is 0 Å². The number of carbonyl (C=O) groups excluding carboxylic acids is 2. The van der Waals surface area contributed by atoms with Crippen LogP contribution in [0.3, 0.4) is 0 Å². The topological polar surface area (TPSA) is 86.7 Å².